The van der Waals surface area contributed by atoms with Gasteiger partial charge in [0.05, 0.1) is 5.52 Å². The number of aromatic nitrogens is 1. The third-order valence-electron chi connectivity index (χ3n) is 4.86. The van der Waals surface area contributed by atoms with Gasteiger partial charge in [-0.25, -0.2) is 0 Å². The largest absolute Gasteiger partial charge is 0.314 e. The average molecular weight is 282 g/mol. The highest BCUT2D eigenvalue weighted by Gasteiger charge is 2.28. The van der Waals surface area contributed by atoms with Crippen molar-refractivity contribution in [3.8, 4) is 0 Å². The first-order chi connectivity index (χ1) is 10.3. The molecule has 21 heavy (non-hydrogen) atoms. The molecule has 0 aliphatic heterocycles. The van der Waals surface area contributed by atoms with Crippen LogP contribution >= 0.6 is 0 Å². The van der Waals surface area contributed by atoms with Gasteiger partial charge in [0.15, 0.2) is 0 Å². The molecule has 1 aromatic carbocycles. The van der Waals surface area contributed by atoms with Crippen LogP contribution in [0.15, 0.2) is 36.4 Å². The fraction of sp³-hybridized carbons (Fsp3) is 0.526. The molecule has 1 aliphatic rings. The molecule has 0 amide bonds. The smallest absolute Gasteiger partial charge is 0.0705 e. The second-order valence-electron chi connectivity index (χ2n) is 6.54. The summed E-state index contributed by atoms with van der Waals surface area (Å²) in [6.07, 6.45) is 5.17. The van der Waals surface area contributed by atoms with Crippen molar-refractivity contribution in [3.05, 3.63) is 42.1 Å². The van der Waals surface area contributed by atoms with Gasteiger partial charge in [-0.1, -0.05) is 44.5 Å². The van der Waals surface area contributed by atoms with Gasteiger partial charge >= 0.3 is 0 Å². The minimum atomic E-state index is 0.577. The molecule has 0 bridgehead atoms. The summed E-state index contributed by atoms with van der Waals surface area (Å²) in [5, 5.41) is 4.93. The molecule has 2 nitrogen and oxygen atoms in total. The molecule has 3 rings (SSSR count). The average Bonchev–Trinajstić information content (AvgIpc) is 2.93. The number of hydrogen-bond acceptors (Lipinski definition) is 2. The second kappa shape index (κ2) is 6.57. The van der Waals surface area contributed by atoms with Gasteiger partial charge in [0, 0.05) is 23.5 Å². The number of hydrogen-bond donors (Lipinski definition) is 1. The first-order valence-electron chi connectivity index (χ1n) is 8.34. The van der Waals surface area contributed by atoms with Gasteiger partial charge in [-0.3, -0.25) is 4.98 Å². The molecule has 2 heteroatoms. The fourth-order valence-corrected chi connectivity index (χ4v) is 3.73. The summed E-state index contributed by atoms with van der Waals surface area (Å²) in [7, 11) is 0. The summed E-state index contributed by atoms with van der Waals surface area (Å²) in [6.45, 7) is 5.64. The van der Waals surface area contributed by atoms with E-state index in [1.165, 1.54) is 30.3 Å². The molecule has 1 aromatic heterocycles. The molecule has 0 radical (unpaired) electrons. The number of rotatable bonds is 5. The van der Waals surface area contributed by atoms with E-state index in [-0.39, 0.29) is 0 Å². The summed E-state index contributed by atoms with van der Waals surface area (Å²) in [5.74, 6) is 1.70. The number of nitrogens with one attached hydrogen (secondary N) is 1. The van der Waals surface area contributed by atoms with Crippen LogP contribution in [0, 0.1) is 11.8 Å². The molecule has 1 N–H and O–H groups in total. The first kappa shape index (κ1) is 14.5. The van der Waals surface area contributed by atoms with Crippen LogP contribution in [0.3, 0.4) is 0 Å². The standard InChI is InChI=1S/C19H26N2/c1-3-20-19(16-9-8-14(2)12-16)13-17-11-10-15-6-4-5-7-18(15)21-17/h4-7,10-11,14,16,19-20H,3,8-9,12-13H2,1-2H3. The normalized spacial score (nSPS) is 23.5. The Kier molecular flexibility index (Phi) is 4.54. The summed E-state index contributed by atoms with van der Waals surface area (Å²) in [5.41, 5.74) is 2.34. The molecule has 3 unspecified atom stereocenters. The van der Waals surface area contributed by atoms with E-state index in [1.807, 2.05) is 0 Å². The Morgan fingerprint density at radius 1 is 1.19 bits per heavy atom. The maximum absolute atomic E-state index is 4.85. The number of likely N-dealkylation sites (N-methyl/N-ethyl adjacent to an activating group) is 1. The van der Waals surface area contributed by atoms with Crippen LogP contribution in [0.25, 0.3) is 10.9 Å². The van der Waals surface area contributed by atoms with Crippen LogP contribution in [0.1, 0.15) is 38.8 Å². The van der Waals surface area contributed by atoms with Crippen LogP contribution in [0.5, 0.6) is 0 Å². The van der Waals surface area contributed by atoms with E-state index in [9.17, 15) is 0 Å². The Labute approximate surface area is 128 Å². The number of fused-ring (bicyclic) bond motifs is 1. The van der Waals surface area contributed by atoms with Crippen LogP contribution in [0.2, 0.25) is 0 Å². The minimum absolute atomic E-state index is 0.577. The molecule has 3 atom stereocenters. The topological polar surface area (TPSA) is 24.9 Å². The van der Waals surface area contributed by atoms with Crippen molar-refractivity contribution in [1.82, 2.24) is 10.3 Å². The molecule has 112 valence electrons. The molecule has 1 aliphatic carbocycles. The number of para-hydroxylation sites is 1. The quantitative estimate of drug-likeness (QED) is 0.889. The van der Waals surface area contributed by atoms with E-state index in [0.717, 1.165) is 30.3 Å². The van der Waals surface area contributed by atoms with Gasteiger partial charge < -0.3 is 5.32 Å². The first-order valence-corrected chi connectivity index (χ1v) is 8.34. The zero-order valence-corrected chi connectivity index (χ0v) is 13.2. The van der Waals surface area contributed by atoms with Crippen molar-refractivity contribution in [3.63, 3.8) is 0 Å². The minimum Gasteiger partial charge on any atom is -0.314 e. The number of pyridine rings is 1. The monoisotopic (exact) mass is 282 g/mol. The summed E-state index contributed by atoms with van der Waals surface area (Å²) in [4.78, 5) is 4.85. The predicted octanol–water partition coefficient (Wildman–Crippen LogP) is 4.19. The van der Waals surface area contributed by atoms with Crippen LogP contribution < -0.4 is 5.32 Å². The van der Waals surface area contributed by atoms with Gasteiger partial charge in [-0.15, -0.1) is 0 Å². The van der Waals surface area contributed by atoms with Crippen LogP contribution in [0.4, 0.5) is 0 Å². The van der Waals surface area contributed by atoms with E-state index in [4.69, 9.17) is 4.98 Å². The van der Waals surface area contributed by atoms with Gasteiger partial charge in [-0.05, 0) is 43.4 Å². The molecule has 1 heterocycles. The lowest BCUT2D eigenvalue weighted by Crippen LogP contribution is -2.37. The highest BCUT2D eigenvalue weighted by molar-refractivity contribution is 5.78. The lowest BCUT2D eigenvalue weighted by Gasteiger charge is -2.24. The van der Waals surface area contributed by atoms with Crippen molar-refractivity contribution < 1.29 is 0 Å². The molecule has 2 aromatic rings. The molecule has 1 saturated carbocycles. The van der Waals surface area contributed by atoms with Crippen LogP contribution in [-0.4, -0.2) is 17.6 Å². The maximum Gasteiger partial charge on any atom is 0.0705 e. The Hall–Kier alpha value is -1.41. The van der Waals surface area contributed by atoms with Crippen LogP contribution in [-0.2, 0) is 6.42 Å². The molecule has 0 saturated heterocycles. The Morgan fingerprint density at radius 3 is 2.81 bits per heavy atom. The van der Waals surface area contributed by atoms with Gasteiger partial charge in [0.25, 0.3) is 0 Å². The summed E-state index contributed by atoms with van der Waals surface area (Å²) < 4.78 is 0. The van der Waals surface area contributed by atoms with E-state index in [0.29, 0.717) is 6.04 Å². The molecule has 1 fully saturated rings. The Morgan fingerprint density at radius 2 is 2.05 bits per heavy atom. The second-order valence-corrected chi connectivity index (χ2v) is 6.54. The van der Waals surface area contributed by atoms with Crippen molar-refractivity contribution in [2.75, 3.05) is 6.54 Å². The van der Waals surface area contributed by atoms with Crippen molar-refractivity contribution in [1.29, 1.82) is 0 Å². The predicted molar refractivity (Wildman–Crippen MR) is 89.4 cm³/mol. The Bertz CT molecular complexity index is 593. The zero-order valence-electron chi connectivity index (χ0n) is 13.2. The molecular formula is C19H26N2. The van der Waals surface area contributed by atoms with E-state index in [1.54, 1.807) is 0 Å². The number of nitrogens with zero attached hydrogens (tertiary/aromatic N) is 1. The van der Waals surface area contributed by atoms with Crippen molar-refractivity contribution >= 4 is 10.9 Å². The lowest BCUT2D eigenvalue weighted by atomic mass is 9.93. The van der Waals surface area contributed by atoms with E-state index in [2.05, 4.69) is 55.6 Å². The van der Waals surface area contributed by atoms with Crippen molar-refractivity contribution in [2.45, 2.75) is 45.6 Å². The highest BCUT2D eigenvalue weighted by atomic mass is 14.9. The van der Waals surface area contributed by atoms with Gasteiger partial charge in [0.1, 0.15) is 0 Å². The third-order valence-corrected chi connectivity index (χ3v) is 4.86. The zero-order chi connectivity index (χ0) is 14.7. The molecule has 0 spiro atoms. The fourth-order valence-electron chi connectivity index (χ4n) is 3.73. The third kappa shape index (κ3) is 3.44. The summed E-state index contributed by atoms with van der Waals surface area (Å²) >= 11 is 0. The lowest BCUT2D eigenvalue weighted by molar-refractivity contribution is 0.352. The van der Waals surface area contributed by atoms with Gasteiger partial charge in [-0.2, -0.15) is 0 Å². The summed E-state index contributed by atoms with van der Waals surface area (Å²) in [6, 6.07) is 13.4. The molecular weight excluding hydrogens is 256 g/mol. The SMILES string of the molecule is CCNC(Cc1ccc2ccccc2n1)C1CCC(C)C1. The van der Waals surface area contributed by atoms with E-state index < -0.39 is 0 Å². The maximum atomic E-state index is 4.85. The highest BCUT2D eigenvalue weighted by Crippen LogP contribution is 2.33. The van der Waals surface area contributed by atoms with E-state index >= 15 is 0 Å². The Balaban J connectivity index is 1.77. The van der Waals surface area contributed by atoms with Crippen molar-refractivity contribution in [2.24, 2.45) is 11.8 Å². The number of benzene rings is 1. The van der Waals surface area contributed by atoms with Gasteiger partial charge in [0.2, 0.25) is 0 Å².